The molecule has 0 radical (unpaired) electrons. The van der Waals surface area contributed by atoms with E-state index in [0.29, 0.717) is 5.69 Å². The molecule has 1 aliphatic rings. The Balaban J connectivity index is 2.07. The van der Waals surface area contributed by atoms with Gasteiger partial charge in [0.15, 0.2) is 0 Å². The van der Waals surface area contributed by atoms with Crippen molar-refractivity contribution < 1.29 is 29.0 Å². The Morgan fingerprint density at radius 2 is 1.90 bits per heavy atom. The summed E-state index contributed by atoms with van der Waals surface area (Å²) in [6, 6.07) is 5.49. The van der Waals surface area contributed by atoms with E-state index in [1.165, 1.54) is 9.80 Å². The second kappa shape index (κ2) is 9.60. The number of aliphatic hydroxyl groups excluding tert-OH is 1. The molecule has 9 nitrogen and oxygen atoms in total. The van der Waals surface area contributed by atoms with Crippen LogP contribution in [-0.4, -0.2) is 77.5 Å². The average Bonchev–Trinajstić information content (AvgIpc) is 2.66. The Bertz CT molecular complexity index is 746. The number of benzene rings is 1. The molecule has 1 atom stereocenters. The number of para-hydroxylation sites is 1. The Labute approximate surface area is 170 Å². The summed E-state index contributed by atoms with van der Waals surface area (Å²) in [5.74, 6) is -0.531. The molecule has 2 N–H and O–H groups in total. The lowest BCUT2D eigenvalue weighted by atomic mass is 10.1. The van der Waals surface area contributed by atoms with Gasteiger partial charge in [0.2, 0.25) is 0 Å². The van der Waals surface area contributed by atoms with Crippen molar-refractivity contribution in [2.24, 2.45) is 0 Å². The number of amides is 3. The molecule has 0 aliphatic carbocycles. The van der Waals surface area contributed by atoms with Crippen LogP contribution < -0.4 is 5.32 Å². The normalized spacial score (nSPS) is 16.9. The first-order chi connectivity index (χ1) is 13.7. The number of carbonyl (C=O) groups excluding carboxylic acids is 3. The van der Waals surface area contributed by atoms with Crippen LogP contribution in [0.5, 0.6) is 0 Å². The number of carbonyl (C=O) groups is 3. The van der Waals surface area contributed by atoms with E-state index in [1.807, 2.05) is 0 Å². The molecule has 3 amide bonds. The third-order valence-corrected chi connectivity index (χ3v) is 4.27. The number of ether oxygens (including phenoxy) is 2. The zero-order chi connectivity index (χ0) is 21.6. The number of nitrogens with one attached hydrogen (secondary N) is 1. The van der Waals surface area contributed by atoms with Crippen molar-refractivity contribution in [2.45, 2.75) is 39.3 Å². The highest BCUT2D eigenvalue weighted by molar-refractivity contribution is 6.00. The van der Waals surface area contributed by atoms with Crippen LogP contribution in [0.1, 0.15) is 38.1 Å². The number of hydrogen-bond donors (Lipinski definition) is 2. The molecule has 1 aromatic carbocycles. The van der Waals surface area contributed by atoms with Crippen molar-refractivity contribution in [3.8, 4) is 0 Å². The standard InChI is InChI=1S/C20H29N3O6/c1-5-28-17(25)15-8-6-7-9-16(15)21-18(26)23-11-10-22(12-14(23)13-24)19(27)29-20(2,3)4/h6-9,14,24H,5,10-13H2,1-4H3,(H,21,26). The monoisotopic (exact) mass is 407 g/mol. The molecule has 1 fully saturated rings. The molecule has 1 saturated heterocycles. The number of anilines is 1. The topological polar surface area (TPSA) is 108 Å². The molecular weight excluding hydrogens is 378 g/mol. The minimum Gasteiger partial charge on any atom is -0.462 e. The zero-order valence-electron chi connectivity index (χ0n) is 17.3. The summed E-state index contributed by atoms with van der Waals surface area (Å²) in [6.07, 6.45) is -0.483. The van der Waals surface area contributed by atoms with E-state index in [9.17, 15) is 19.5 Å². The van der Waals surface area contributed by atoms with E-state index in [1.54, 1.807) is 52.0 Å². The van der Waals surface area contributed by atoms with Gasteiger partial charge in [-0.05, 0) is 39.8 Å². The Morgan fingerprint density at radius 3 is 2.52 bits per heavy atom. The van der Waals surface area contributed by atoms with Gasteiger partial charge in [-0.15, -0.1) is 0 Å². The highest BCUT2D eigenvalue weighted by atomic mass is 16.6. The maximum atomic E-state index is 12.8. The summed E-state index contributed by atoms with van der Waals surface area (Å²) in [5.41, 5.74) is -0.0604. The van der Waals surface area contributed by atoms with Crippen molar-refractivity contribution in [1.82, 2.24) is 9.80 Å². The van der Waals surface area contributed by atoms with Crippen molar-refractivity contribution in [3.05, 3.63) is 29.8 Å². The van der Waals surface area contributed by atoms with E-state index in [4.69, 9.17) is 9.47 Å². The average molecular weight is 407 g/mol. The van der Waals surface area contributed by atoms with Crippen LogP contribution in [-0.2, 0) is 9.47 Å². The quantitative estimate of drug-likeness (QED) is 0.742. The maximum Gasteiger partial charge on any atom is 0.410 e. The fraction of sp³-hybridized carbons (Fsp3) is 0.550. The molecule has 1 heterocycles. The predicted octanol–water partition coefficient (Wildman–Crippen LogP) is 2.31. The van der Waals surface area contributed by atoms with Crippen molar-refractivity contribution in [1.29, 1.82) is 0 Å². The van der Waals surface area contributed by atoms with Gasteiger partial charge in [0.05, 0.1) is 30.5 Å². The van der Waals surface area contributed by atoms with Crippen LogP contribution >= 0.6 is 0 Å². The van der Waals surface area contributed by atoms with E-state index in [2.05, 4.69) is 5.32 Å². The molecule has 1 aliphatic heterocycles. The van der Waals surface area contributed by atoms with E-state index in [0.717, 1.165) is 0 Å². The van der Waals surface area contributed by atoms with Crippen LogP contribution in [0.25, 0.3) is 0 Å². The third-order valence-electron chi connectivity index (χ3n) is 4.27. The third kappa shape index (κ3) is 6.08. The molecule has 2 rings (SSSR count). The van der Waals surface area contributed by atoms with E-state index < -0.39 is 29.7 Å². The predicted molar refractivity (Wildman–Crippen MR) is 107 cm³/mol. The van der Waals surface area contributed by atoms with Gasteiger partial charge < -0.3 is 29.7 Å². The van der Waals surface area contributed by atoms with Gasteiger partial charge in [-0.25, -0.2) is 14.4 Å². The van der Waals surface area contributed by atoms with Crippen LogP contribution in [0, 0.1) is 0 Å². The van der Waals surface area contributed by atoms with Crippen LogP contribution in [0.4, 0.5) is 15.3 Å². The lowest BCUT2D eigenvalue weighted by Crippen LogP contribution is -2.59. The second-order valence-electron chi connectivity index (χ2n) is 7.65. The summed E-state index contributed by atoms with van der Waals surface area (Å²) < 4.78 is 10.4. The van der Waals surface area contributed by atoms with Gasteiger partial charge in [-0.3, -0.25) is 0 Å². The summed E-state index contributed by atoms with van der Waals surface area (Å²) >= 11 is 0. The smallest absolute Gasteiger partial charge is 0.410 e. The SMILES string of the molecule is CCOC(=O)c1ccccc1NC(=O)N1CCN(C(=O)OC(C)(C)C)CC1CO. The Morgan fingerprint density at radius 1 is 1.21 bits per heavy atom. The van der Waals surface area contributed by atoms with Crippen LogP contribution in [0.3, 0.4) is 0 Å². The minimum absolute atomic E-state index is 0.151. The lowest BCUT2D eigenvalue weighted by molar-refractivity contribution is 0.00413. The summed E-state index contributed by atoms with van der Waals surface area (Å²) in [5, 5.41) is 12.5. The number of urea groups is 1. The highest BCUT2D eigenvalue weighted by Crippen LogP contribution is 2.19. The fourth-order valence-corrected chi connectivity index (χ4v) is 2.94. The fourth-order valence-electron chi connectivity index (χ4n) is 2.94. The number of nitrogens with zero attached hydrogens (tertiary/aromatic N) is 2. The number of hydrogen-bond acceptors (Lipinski definition) is 6. The molecule has 1 aromatic rings. The number of piperazine rings is 1. The summed E-state index contributed by atoms with van der Waals surface area (Å²) in [4.78, 5) is 40.1. The molecule has 0 saturated carbocycles. The van der Waals surface area contributed by atoms with E-state index in [-0.39, 0.29) is 38.4 Å². The molecule has 0 bridgehead atoms. The van der Waals surface area contributed by atoms with Crippen molar-refractivity contribution in [2.75, 3.05) is 38.2 Å². The Kier molecular flexibility index (Phi) is 7.44. The van der Waals surface area contributed by atoms with Crippen LogP contribution in [0.2, 0.25) is 0 Å². The number of aliphatic hydroxyl groups is 1. The van der Waals surface area contributed by atoms with Crippen LogP contribution in [0.15, 0.2) is 24.3 Å². The molecule has 9 heteroatoms. The maximum absolute atomic E-state index is 12.8. The molecule has 1 unspecified atom stereocenters. The van der Waals surface area contributed by atoms with Gasteiger partial charge in [-0.2, -0.15) is 0 Å². The zero-order valence-corrected chi connectivity index (χ0v) is 17.3. The molecule has 29 heavy (non-hydrogen) atoms. The van der Waals surface area contributed by atoms with Gasteiger partial charge in [-0.1, -0.05) is 12.1 Å². The van der Waals surface area contributed by atoms with Gasteiger partial charge in [0, 0.05) is 19.6 Å². The molecule has 0 spiro atoms. The van der Waals surface area contributed by atoms with Gasteiger partial charge >= 0.3 is 18.1 Å². The number of esters is 1. The van der Waals surface area contributed by atoms with E-state index >= 15 is 0 Å². The van der Waals surface area contributed by atoms with Crippen molar-refractivity contribution >= 4 is 23.8 Å². The number of rotatable bonds is 4. The van der Waals surface area contributed by atoms with Gasteiger partial charge in [0.1, 0.15) is 5.60 Å². The molecular formula is C20H29N3O6. The molecule has 0 aromatic heterocycles. The minimum atomic E-state index is -0.628. The largest absolute Gasteiger partial charge is 0.462 e. The summed E-state index contributed by atoms with van der Waals surface area (Å²) in [6.45, 7) is 7.59. The molecule has 160 valence electrons. The van der Waals surface area contributed by atoms with Crippen molar-refractivity contribution in [3.63, 3.8) is 0 Å². The second-order valence-corrected chi connectivity index (χ2v) is 7.65. The highest BCUT2D eigenvalue weighted by Gasteiger charge is 2.34. The lowest BCUT2D eigenvalue weighted by Gasteiger charge is -2.40. The summed E-state index contributed by atoms with van der Waals surface area (Å²) in [7, 11) is 0. The first-order valence-corrected chi connectivity index (χ1v) is 9.58. The first-order valence-electron chi connectivity index (χ1n) is 9.58. The Hall–Kier alpha value is -2.81. The first kappa shape index (κ1) is 22.5. The van der Waals surface area contributed by atoms with Gasteiger partial charge in [0.25, 0.3) is 0 Å².